The van der Waals surface area contributed by atoms with Crippen LogP contribution in [0.25, 0.3) is 0 Å². The van der Waals surface area contributed by atoms with Gasteiger partial charge in [-0.05, 0) is 30.2 Å². The molecular formula is C16H16F3NO. The maximum atomic E-state index is 12.1. The number of ether oxygens (including phenoxy) is 1. The SMILES string of the molecule is CC(NCc1ccccc1)c1ccc(OC(F)(F)F)cc1. The van der Waals surface area contributed by atoms with Gasteiger partial charge in [0.1, 0.15) is 5.75 Å². The van der Waals surface area contributed by atoms with E-state index in [1.165, 1.54) is 12.1 Å². The van der Waals surface area contributed by atoms with Crippen molar-refractivity contribution in [3.63, 3.8) is 0 Å². The minimum atomic E-state index is -4.65. The van der Waals surface area contributed by atoms with E-state index in [1.54, 1.807) is 12.1 Å². The second-order valence-electron chi connectivity index (χ2n) is 4.71. The molecule has 0 aliphatic heterocycles. The lowest BCUT2D eigenvalue weighted by Crippen LogP contribution is -2.19. The lowest BCUT2D eigenvalue weighted by molar-refractivity contribution is -0.274. The molecule has 0 radical (unpaired) electrons. The number of nitrogens with one attached hydrogen (secondary N) is 1. The third-order valence-electron chi connectivity index (χ3n) is 3.07. The van der Waals surface area contributed by atoms with E-state index in [2.05, 4.69) is 10.1 Å². The molecule has 1 unspecified atom stereocenters. The van der Waals surface area contributed by atoms with Gasteiger partial charge >= 0.3 is 6.36 Å². The zero-order valence-corrected chi connectivity index (χ0v) is 11.5. The van der Waals surface area contributed by atoms with Crippen molar-refractivity contribution in [2.75, 3.05) is 0 Å². The minimum absolute atomic E-state index is 0.0325. The van der Waals surface area contributed by atoms with E-state index in [0.29, 0.717) is 6.54 Å². The zero-order chi connectivity index (χ0) is 15.3. The van der Waals surface area contributed by atoms with Gasteiger partial charge in [0.2, 0.25) is 0 Å². The van der Waals surface area contributed by atoms with E-state index in [-0.39, 0.29) is 11.8 Å². The molecule has 0 fully saturated rings. The Morgan fingerprint density at radius 3 is 2.19 bits per heavy atom. The number of benzene rings is 2. The fourth-order valence-electron chi connectivity index (χ4n) is 1.94. The summed E-state index contributed by atoms with van der Waals surface area (Å²) >= 11 is 0. The van der Waals surface area contributed by atoms with Crippen LogP contribution in [0, 0.1) is 0 Å². The molecule has 5 heteroatoms. The van der Waals surface area contributed by atoms with Crippen LogP contribution in [0.1, 0.15) is 24.1 Å². The van der Waals surface area contributed by atoms with Gasteiger partial charge in [0, 0.05) is 12.6 Å². The van der Waals surface area contributed by atoms with Gasteiger partial charge < -0.3 is 10.1 Å². The Morgan fingerprint density at radius 2 is 1.62 bits per heavy atom. The first-order chi connectivity index (χ1) is 9.94. The fraction of sp³-hybridized carbons (Fsp3) is 0.250. The Labute approximate surface area is 121 Å². The van der Waals surface area contributed by atoms with Gasteiger partial charge in [0.15, 0.2) is 0 Å². The van der Waals surface area contributed by atoms with Crippen LogP contribution in [0.5, 0.6) is 5.75 Å². The van der Waals surface area contributed by atoms with Gasteiger partial charge in [-0.3, -0.25) is 0 Å². The van der Waals surface area contributed by atoms with Crippen molar-refractivity contribution in [1.29, 1.82) is 0 Å². The Balaban J connectivity index is 1.92. The molecule has 0 amide bonds. The van der Waals surface area contributed by atoms with Gasteiger partial charge in [-0.15, -0.1) is 13.2 Å². The summed E-state index contributed by atoms with van der Waals surface area (Å²) in [5.74, 6) is -0.207. The molecule has 21 heavy (non-hydrogen) atoms. The van der Waals surface area contributed by atoms with Crippen LogP contribution in [0.2, 0.25) is 0 Å². The Kier molecular flexibility index (Phi) is 4.85. The van der Waals surface area contributed by atoms with Gasteiger partial charge in [0.25, 0.3) is 0 Å². The van der Waals surface area contributed by atoms with Crippen molar-refractivity contribution in [2.24, 2.45) is 0 Å². The van der Waals surface area contributed by atoms with E-state index in [4.69, 9.17) is 0 Å². The summed E-state index contributed by atoms with van der Waals surface area (Å²) in [5, 5.41) is 3.32. The highest BCUT2D eigenvalue weighted by atomic mass is 19.4. The third-order valence-corrected chi connectivity index (χ3v) is 3.07. The van der Waals surface area contributed by atoms with E-state index >= 15 is 0 Å². The molecule has 112 valence electrons. The normalized spacial score (nSPS) is 13.0. The molecule has 0 spiro atoms. The molecule has 0 bridgehead atoms. The first kappa shape index (κ1) is 15.4. The Bertz CT molecular complexity index is 552. The highest BCUT2D eigenvalue weighted by molar-refractivity contribution is 5.29. The van der Waals surface area contributed by atoms with Gasteiger partial charge in [-0.25, -0.2) is 0 Å². The van der Waals surface area contributed by atoms with Crippen LogP contribution in [0.15, 0.2) is 54.6 Å². The van der Waals surface area contributed by atoms with Crippen molar-refractivity contribution in [1.82, 2.24) is 5.32 Å². The molecule has 0 heterocycles. The van der Waals surface area contributed by atoms with Crippen LogP contribution in [0.4, 0.5) is 13.2 Å². The smallest absolute Gasteiger partial charge is 0.406 e. The summed E-state index contributed by atoms with van der Waals surface area (Å²) in [5.41, 5.74) is 2.06. The highest BCUT2D eigenvalue weighted by Crippen LogP contribution is 2.24. The molecular weight excluding hydrogens is 279 g/mol. The number of rotatable bonds is 5. The second kappa shape index (κ2) is 6.63. The van der Waals surface area contributed by atoms with Gasteiger partial charge in [-0.2, -0.15) is 0 Å². The average Bonchev–Trinajstić information content (AvgIpc) is 2.45. The molecule has 2 aromatic rings. The molecule has 0 saturated heterocycles. The van der Waals surface area contributed by atoms with Crippen LogP contribution >= 0.6 is 0 Å². The number of halogens is 3. The van der Waals surface area contributed by atoms with E-state index < -0.39 is 6.36 Å². The third kappa shape index (κ3) is 5.11. The van der Waals surface area contributed by atoms with E-state index in [9.17, 15) is 13.2 Å². The Hall–Kier alpha value is -2.01. The minimum Gasteiger partial charge on any atom is -0.406 e. The molecule has 2 rings (SSSR count). The van der Waals surface area contributed by atoms with Gasteiger partial charge in [-0.1, -0.05) is 42.5 Å². The highest BCUT2D eigenvalue weighted by Gasteiger charge is 2.30. The maximum absolute atomic E-state index is 12.1. The molecule has 1 atom stereocenters. The van der Waals surface area contributed by atoms with Crippen LogP contribution in [0.3, 0.4) is 0 Å². The van der Waals surface area contributed by atoms with Gasteiger partial charge in [0.05, 0.1) is 0 Å². The quantitative estimate of drug-likeness (QED) is 0.880. The first-order valence-corrected chi connectivity index (χ1v) is 6.57. The second-order valence-corrected chi connectivity index (χ2v) is 4.71. The standard InChI is InChI=1S/C16H16F3NO/c1-12(20-11-13-5-3-2-4-6-13)14-7-9-15(10-8-14)21-16(17,18)19/h2-10,12,20H,11H2,1H3. The summed E-state index contributed by atoms with van der Waals surface area (Å²) < 4.78 is 40.1. The fourth-order valence-corrected chi connectivity index (χ4v) is 1.94. The van der Waals surface area contributed by atoms with Crippen LogP contribution < -0.4 is 10.1 Å². The Morgan fingerprint density at radius 1 is 1.00 bits per heavy atom. The summed E-state index contributed by atoms with van der Waals surface area (Å²) in [7, 11) is 0. The lowest BCUT2D eigenvalue weighted by Gasteiger charge is -2.15. The van der Waals surface area contributed by atoms with Crippen molar-refractivity contribution in [3.05, 3.63) is 65.7 Å². The molecule has 0 saturated carbocycles. The zero-order valence-electron chi connectivity index (χ0n) is 11.5. The predicted octanol–water partition coefficient (Wildman–Crippen LogP) is 4.44. The topological polar surface area (TPSA) is 21.3 Å². The largest absolute Gasteiger partial charge is 0.573 e. The number of hydrogen-bond donors (Lipinski definition) is 1. The average molecular weight is 295 g/mol. The van der Waals surface area contributed by atoms with Crippen LogP contribution in [-0.2, 0) is 6.54 Å². The maximum Gasteiger partial charge on any atom is 0.573 e. The first-order valence-electron chi connectivity index (χ1n) is 6.57. The predicted molar refractivity (Wildman–Crippen MR) is 74.8 cm³/mol. The molecule has 0 aromatic heterocycles. The summed E-state index contributed by atoms with van der Waals surface area (Å²) in [6, 6.07) is 15.8. The summed E-state index contributed by atoms with van der Waals surface area (Å²) in [4.78, 5) is 0. The van der Waals surface area contributed by atoms with Crippen molar-refractivity contribution in [2.45, 2.75) is 25.9 Å². The van der Waals surface area contributed by atoms with Crippen LogP contribution in [-0.4, -0.2) is 6.36 Å². The number of alkyl halides is 3. The molecule has 0 aliphatic rings. The molecule has 0 aliphatic carbocycles. The lowest BCUT2D eigenvalue weighted by atomic mass is 10.1. The van der Waals surface area contributed by atoms with E-state index in [0.717, 1.165) is 11.1 Å². The molecule has 2 nitrogen and oxygen atoms in total. The molecule has 2 aromatic carbocycles. The van der Waals surface area contributed by atoms with Crippen molar-refractivity contribution >= 4 is 0 Å². The van der Waals surface area contributed by atoms with Crippen molar-refractivity contribution < 1.29 is 17.9 Å². The molecule has 1 N–H and O–H groups in total. The monoisotopic (exact) mass is 295 g/mol. The van der Waals surface area contributed by atoms with E-state index in [1.807, 2.05) is 37.3 Å². The summed E-state index contributed by atoms with van der Waals surface area (Å²) in [6.45, 7) is 2.66. The number of hydrogen-bond acceptors (Lipinski definition) is 2. The van der Waals surface area contributed by atoms with Crippen molar-refractivity contribution in [3.8, 4) is 5.75 Å². The summed E-state index contributed by atoms with van der Waals surface area (Å²) in [6.07, 6.45) is -4.65.